The number of hydrogen-bond acceptors (Lipinski definition) is 4. The van der Waals surface area contributed by atoms with Gasteiger partial charge in [0.2, 0.25) is 5.91 Å². The molecule has 156 valence electrons. The zero-order valence-electron chi connectivity index (χ0n) is 17.5. The molecule has 1 amide bonds. The number of anilines is 1. The Morgan fingerprint density at radius 2 is 1.68 bits per heavy atom. The van der Waals surface area contributed by atoms with E-state index in [2.05, 4.69) is 27.4 Å². The van der Waals surface area contributed by atoms with Gasteiger partial charge in [-0.1, -0.05) is 85.4 Å². The lowest BCUT2D eigenvalue weighted by atomic mass is 10.1. The fourth-order valence-electron chi connectivity index (χ4n) is 3.30. The molecule has 2 aromatic heterocycles. The average Bonchev–Trinajstić information content (AvgIpc) is 3.24. The Labute approximate surface area is 186 Å². The number of carbonyl (C=O) groups is 1. The van der Waals surface area contributed by atoms with Gasteiger partial charge in [0.15, 0.2) is 5.16 Å². The number of rotatable bonds is 7. The molecule has 2 N–H and O–H groups in total. The van der Waals surface area contributed by atoms with Crippen LogP contribution in [-0.2, 0) is 4.79 Å². The lowest BCUT2D eigenvalue weighted by molar-refractivity contribution is -0.115. The molecule has 0 spiro atoms. The summed E-state index contributed by atoms with van der Waals surface area (Å²) >= 11 is 1.44. The van der Waals surface area contributed by atoms with E-state index in [1.807, 2.05) is 74.5 Å². The summed E-state index contributed by atoms with van der Waals surface area (Å²) in [5.74, 6) is 0.522. The Hall–Kier alpha value is -3.38. The Balaban J connectivity index is 1.62. The number of thioether (sulfide) groups is 1. The molecule has 1 atom stereocenters. The van der Waals surface area contributed by atoms with Crippen molar-refractivity contribution in [3.05, 3.63) is 84.6 Å². The molecule has 0 aliphatic rings. The molecule has 4 aromatic rings. The third-order valence-corrected chi connectivity index (χ3v) is 6.21. The molecule has 0 aliphatic heterocycles. The Bertz CT molecular complexity index is 1100. The van der Waals surface area contributed by atoms with E-state index >= 15 is 0 Å². The molecule has 6 heteroatoms. The predicted octanol–water partition coefficient (Wildman–Crippen LogP) is 5.96. The fraction of sp³-hybridized carbons (Fsp3) is 0.160. The molecule has 0 bridgehead atoms. The van der Waals surface area contributed by atoms with Gasteiger partial charge < -0.3 is 10.3 Å². The second-order valence-electron chi connectivity index (χ2n) is 7.17. The highest BCUT2D eigenvalue weighted by molar-refractivity contribution is 8.00. The van der Waals surface area contributed by atoms with E-state index in [4.69, 9.17) is 4.98 Å². The highest BCUT2D eigenvalue weighted by Gasteiger charge is 2.22. The zero-order chi connectivity index (χ0) is 21.6. The first kappa shape index (κ1) is 20.9. The summed E-state index contributed by atoms with van der Waals surface area (Å²) in [6.07, 6.45) is 2.35. The number of carbonyl (C=O) groups excluding carboxylic acids is 1. The van der Waals surface area contributed by atoms with Gasteiger partial charge in [0.25, 0.3) is 0 Å². The van der Waals surface area contributed by atoms with Gasteiger partial charge in [0.1, 0.15) is 5.82 Å². The van der Waals surface area contributed by atoms with Crippen LogP contribution in [0.1, 0.15) is 18.9 Å². The normalized spacial score (nSPS) is 11.8. The lowest BCUT2D eigenvalue weighted by Crippen LogP contribution is -2.25. The first-order valence-electron chi connectivity index (χ1n) is 10.3. The van der Waals surface area contributed by atoms with E-state index in [1.54, 1.807) is 6.20 Å². The maximum absolute atomic E-state index is 12.9. The first-order valence-corrected chi connectivity index (χ1v) is 11.1. The van der Waals surface area contributed by atoms with E-state index in [0.29, 0.717) is 12.2 Å². The molecule has 0 fully saturated rings. The maximum Gasteiger partial charge on any atom is 0.239 e. The van der Waals surface area contributed by atoms with Crippen LogP contribution in [0.3, 0.4) is 0 Å². The number of aryl methyl sites for hydroxylation is 1. The third kappa shape index (κ3) is 4.86. The van der Waals surface area contributed by atoms with Gasteiger partial charge in [-0.15, -0.1) is 0 Å². The summed E-state index contributed by atoms with van der Waals surface area (Å²) in [6, 6.07) is 24.0. The molecule has 0 saturated carbocycles. The molecule has 0 radical (unpaired) electrons. The number of benzene rings is 2. The van der Waals surface area contributed by atoms with Gasteiger partial charge in [-0.25, -0.2) is 9.97 Å². The molecule has 2 aromatic carbocycles. The molecule has 0 aliphatic carbocycles. The summed E-state index contributed by atoms with van der Waals surface area (Å²) in [5, 5.41) is 3.38. The molecular formula is C25H24N4OS. The van der Waals surface area contributed by atoms with Gasteiger partial charge in [-0.2, -0.15) is 0 Å². The number of imidazole rings is 1. The zero-order valence-corrected chi connectivity index (χ0v) is 18.3. The van der Waals surface area contributed by atoms with Crippen molar-refractivity contribution in [2.45, 2.75) is 30.7 Å². The summed E-state index contributed by atoms with van der Waals surface area (Å²) in [6.45, 7) is 3.93. The Kier molecular flexibility index (Phi) is 6.48. The highest BCUT2D eigenvalue weighted by Crippen LogP contribution is 2.34. The van der Waals surface area contributed by atoms with Crippen LogP contribution in [0.25, 0.3) is 22.5 Å². The van der Waals surface area contributed by atoms with Crippen molar-refractivity contribution in [2.75, 3.05) is 5.32 Å². The van der Waals surface area contributed by atoms with E-state index in [-0.39, 0.29) is 11.2 Å². The van der Waals surface area contributed by atoms with E-state index in [1.165, 1.54) is 11.8 Å². The van der Waals surface area contributed by atoms with Gasteiger partial charge >= 0.3 is 0 Å². The fourth-order valence-corrected chi connectivity index (χ4v) is 4.20. The number of pyridine rings is 1. The quantitative estimate of drug-likeness (QED) is 0.357. The standard InChI is InChI=1S/C25H24N4OS/c1-3-20(24(30)29-23-17(2)11-10-16-26-23)31-25-27-21(18-12-6-4-7-13-18)22(28-25)19-14-8-5-9-15-19/h4-16,20H,3H2,1-2H3,(H,27,28)(H,26,29,30). The highest BCUT2D eigenvalue weighted by atomic mass is 32.2. The minimum Gasteiger partial charge on any atom is -0.332 e. The van der Waals surface area contributed by atoms with Crippen LogP contribution in [0.5, 0.6) is 0 Å². The lowest BCUT2D eigenvalue weighted by Gasteiger charge is -2.13. The topological polar surface area (TPSA) is 70.7 Å². The summed E-state index contributed by atoms with van der Waals surface area (Å²) in [4.78, 5) is 25.5. The summed E-state index contributed by atoms with van der Waals surface area (Å²) in [5.41, 5.74) is 4.86. The second kappa shape index (κ2) is 9.62. The van der Waals surface area contributed by atoms with Gasteiger partial charge in [0, 0.05) is 17.3 Å². The SMILES string of the molecule is CCC(Sc1nc(-c2ccccc2)c(-c2ccccc2)[nH]1)C(=O)Nc1ncccc1C. The number of aromatic nitrogens is 3. The predicted molar refractivity (Wildman–Crippen MR) is 127 cm³/mol. The largest absolute Gasteiger partial charge is 0.332 e. The summed E-state index contributed by atoms with van der Waals surface area (Å²) < 4.78 is 0. The van der Waals surface area contributed by atoms with Crippen molar-refractivity contribution in [1.29, 1.82) is 0 Å². The monoisotopic (exact) mass is 428 g/mol. The van der Waals surface area contributed by atoms with E-state index in [9.17, 15) is 4.79 Å². The van der Waals surface area contributed by atoms with Gasteiger partial charge in [-0.3, -0.25) is 4.79 Å². The molecule has 1 unspecified atom stereocenters. The van der Waals surface area contributed by atoms with Crippen LogP contribution in [0, 0.1) is 6.92 Å². The van der Waals surface area contributed by atoms with Gasteiger partial charge in [0.05, 0.1) is 16.6 Å². The van der Waals surface area contributed by atoms with E-state index < -0.39 is 0 Å². The number of H-pyrrole nitrogens is 1. The number of nitrogens with one attached hydrogen (secondary N) is 2. The summed E-state index contributed by atoms with van der Waals surface area (Å²) in [7, 11) is 0. The Morgan fingerprint density at radius 1 is 1.00 bits per heavy atom. The van der Waals surface area contributed by atoms with Gasteiger partial charge in [-0.05, 0) is 25.0 Å². The van der Waals surface area contributed by atoms with Crippen LogP contribution >= 0.6 is 11.8 Å². The van der Waals surface area contributed by atoms with Crippen molar-refractivity contribution >= 4 is 23.5 Å². The van der Waals surface area contributed by atoms with Crippen molar-refractivity contribution in [1.82, 2.24) is 15.0 Å². The maximum atomic E-state index is 12.9. The van der Waals surface area contributed by atoms with Crippen LogP contribution in [0.4, 0.5) is 5.82 Å². The Morgan fingerprint density at radius 3 is 2.32 bits per heavy atom. The van der Waals surface area contributed by atoms with Crippen LogP contribution < -0.4 is 5.32 Å². The van der Waals surface area contributed by atoms with Crippen LogP contribution in [-0.4, -0.2) is 26.1 Å². The van der Waals surface area contributed by atoms with Crippen molar-refractivity contribution in [3.8, 4) is 22.5 Å². The molecule has 4 rings (SSSR count). The number of hydrogen-bond donors (Lipinski definition) is 2. The minimum absolute atomic E-state index is 0.0757. The molecule has 0 saturated heterocycles. The second-order valence-corrected chi connectivity index (χ2v) is 8.36. The molecule has 31 heavy (non-hydrogen) atoms. The average molecular weight is 429 g/mol. The third-order valence-electron chi connectivity index (χ3n) is 4.96. The number of nitrogens with zero attached hydrogens (tertiary/aromatic N) is 2. The first-order chi connectivity index (χ1) is 15.2. The minimum atomic E-state index is -0.292. The van der Waals surface area contributed by atoms with Crippen LogP contribution in [0.2, 0.25) is 0 Å². The smallest absolute Gasteiger partial charge is 0.239 e. The molecular weight excluding hydrogens is 404 g/mol. The molecule has 2 heterocycles. The molecule has 5 nitrogen and oxygen atoms in total. The number of amides is 1. The van der Waals surface area contributed by atoms with Crippen molar-refractivity contribution < 1.29 is 4.79 Å². The number of aromatic amines is 1. The van der Waals surface area contributed by atoms with Crippen molar-refractivity contribution in [2.24, 2.45) is 0 Å². The van der Waals surface area contributed by atoms with Crippen molar-refractivity contribution in [3.63, 3.8) is 0 Å². The van der Waals surface area contributed by atoms with Crippen LogP contribution in [0.15, 0.2) is 84.1 Å². The van der Waals surface area contributed by atoms with E-state index in [0.717, 1.165) is 33.2 Å².